The van der Waals surface area contributed by atoms with Crippen LogP contribution in [0.3, 0.4) is 0 Å². The summed E-state index contributed by atoms with van der Waals surface area (Å²) in [5.74, 6) is 0.611. The van der Waals surface area contributed by atoms with E-state index < -0.39 is 12.1 Å². The number of aromatic amines is 1. The summed E-state index contributed by atoms with van der Waals surface area (Å²) in [6.45, 7) is 0. The van der Waals surface area contributed by atoms with Crippen LogP contribution in [-0.4, -0.2) is 29.2 Å². The normalized spacial score (nSPS) is 14.6. The van der Waals surface area contributed by atoms with Gasteiger partial charge in [0.15, 0.2) is 5.82 Å². The first-order chi connectivity index (χ1) is 13.2. The Morgan fingerprint density at radius 3 is 2.67 bits per heavy atom. The monoisotopic (exact) mass is 365 g/mol. The van der Waals surface area contributed by atoms with Gasteiger partial charge in [-0.1, -0.05) is 30.3 Å². The summed E-state index contributed by atoms with van der Waals surface area (Å²) < 4.78 is 10.8. The Kier molecular flexibility index (Phi) is 4.50. The van der Waals surface area contributed by atoms with Crippen molar-refractivity contribution in [1.29, 1.82) is 0 Å². The fourth-order valence-corrected chi connectivity index (χ4v) is 2.85. The van der Waals surface area contributed by atoms with Crippen LogP contribution >= 0.6 is 0 Å². The fraction of sp³-hybridized carbons (Fsp3) is 0.250. The summed E-state index contributed by atoms with van der Waals surface area (Å²) in [6, 6.07) is 14.4. The highest BCUT2D eigenvalue weighted by Gasteiger charge is 2.30. The van der Waals surface area contributed by atoms with Crippen molar-refractivity contribution in [2.75, 3.05) is 12.4 Å². The van der Waals surface area contributed by atoms with Crippen molar-refractivity contribution >= 4 is 28.6 Å². The quantitative estimate of drug-likeness (QED) is 0.654. The maximum atomic E-state index is 12.2. The minimum atomic E-state index is -0.870. The maximum absolute atomic E-state index is 12.2. The van der Waals surface area contributed by atoms with Crippen molar-refractivity contribution in [3.05, 3.63) is 54.1 Å². The van der Waals surface area contributed by atoms with Gasteiger partial charge in [-0.15, -0.1) is 0 Å². The molecule has 4 rings (SSSR count). The van der Waals surface area contributed by atoms with Crippen LogP contribution in [-0.2, 0) is 14.3 Å². The maximum Gasteiger partial charge on any atom is 0.351 e. The van der Waals surface area contributed by atoms with Gasteiger partial charge in [0.2, 0.25) is 12.0 Å². The minimum Gasteiger partial charge on any atom is -0.474 e. The molecule has 1 aliphatic carbocycles. The molecule has 1 unspecified atom stereocenters. The van der Waals surface area contributed by atoms with E-state index in [4.69, 9.17) is 9.47 Å². The number of benzene rings is 2. The molecule has 1 amide bonds. The number of rotatable bonds is 6. The zero-order valence-corrected chi connectivity index (χ0v) is 14.8. The second kappa shape index (κ2) is 7.11. The van der Waals surface area contributed by atoms with Crippen LogP contribution in [0.25, 0.3) is 10.9 Å². The molecule has 0 saturated heterocycles. The number of fused-ring (bicyclic) bond motifs is 1. The lowest BCUT2D eigenvalue weighted by molar-refractivity contribution is -0.149. The predicted octanol–water partition coefficient (Wildman–Crippen LogP) is 3.20. The predicted molar refractivity (Wildman–Crippen MR) is 99.3 cm³/mol. The van der Waals surface area contributed by atoms with Crippen LogP contribution in [0.5, 0.6) is 5.75 Å². The number of H-pyrrole nitrogens is 1. The summed E-state index contributed by atoms with van der Waals surface area (Å²) in [5, 5.41) is 10.7. The van der Waals surface area contributed by atoms with Gasteiger partial charge in [0.1, 0.15) is 5.75 Å². The molecule has 138 valence electrons. The molecule has 0 radical (unpaired) electrons. The second-order valence-electron chi connectivity index (χ2n) is 6.47. The largest absolute Gasteiger partial charge is 0.474 e. The molecule has 1 fully saturated rings. The third-order valence-corrected chi connectivity index (χ3v) is 4.50. The molecule has 1 atom stereocenters. The summed E-state index contributed by atoms with van der Waals surface area (Å²) in [6.07, 6.45) is 0.992. The van der Waals surface area contributed by atoms with Crippen molar-refractivity contribution in [2.45, 2.75) is 18.9 Å². The summed E-state index contributed by atoms with van der Waals surface area (Å²) in [4.78, 5) is 24.1. The van der Waals surface area contributed by atoms with Gasteiger partial charge in [-0.3, -0.25) is 9.89 Å². The molecule has 1 saturated carbocycles. The lowest BCUT2D eigenvalue weighted by atomic mass is 10.1. The highest BCUT2D eigenvalue weighted by atomic mass is 16.6. The van der Waals surface area contributed by atoms with E-state index >= 15 is 0 Å². The topological polar surface area (TPSA) is 93.3 Å². The Bertz CT molecular complexity index is 979. The van der Waals surface area contributed by atoms with E-state index in [2.05, 4.69) is 15.5 Å². The van der Waals surface area contributed by atoms with Gasteiger partial charge in [0.25, 0.3) is 0 Å². The Balaban J connectivity index is 1.57. The molecule has 2 N–H and O–H groups in total. The Hall–Kier alpha value is -3.35. The average molecular weight is 365 g/mol. The lowest BCUT2D eigenvalue weighted by Crippen LogP contribution is -2.20. The number of aromatic nitrogens is 2. The number of carbonyl (C=O) groups is 2. The van der Waals surface area contributed by atoms with E-state index in [1.54, 1.807) is 18.2 Å². The van der Waals surface area contributed by atoms with Crippen LogP contribution < -0.4 is 10.1 Å². The second-order valence-corrected chi connectivity index (χ2v) is 6.47. The molecule has 2 aromatic carbocycles. The van der Waals surface area contributed by atoms with Gasteiger partial charge in [-0.2, -0.15) is 5.10 Å². The van der Waals surface area contributed by atoms with Crippen molar-refractivity contribution in [1.82, 2.24) is 10.2 Å². The molecule has 1 heterocycles. The van der Waals surface area contributed by atoms with Gasteiger partial charge in [-0.25, -0.2) is 4.79 Å². The molecule has 0 spiro atoms. The Morgan fingerprint density at radius 2 is 1.96 bits per heavy atom. The third kappa shape index (κ3) is 3.62. The van der Waals surface area contributed by atoms with Crippen molar-refractivity contribution in [3.63, 3.8) is 0 Å². The highest BCUT2D eigenvalue weighted by Crippen LogP contribution is 2.32. The molecule has 7 nitrogen and oxygen atoms in total. The summed E-state index contributed by atoms with van der Waals surface area (Å²) in [7, 11) is 1.33. The average Bonchev–Trinajstić information content (AvgIpc) is 3.49. The Labute approximate surface area is 155 Å². The summed E-state index contributed by atoms with van der Waals surface area (Å²) in [5.41, 5.74) is 1.40. The SMILES string of the molecule is COC(=O)C(Oc1ccc2c(NC(=O)C3CC3)n[nH]c2c1)c1ccccc1. The van der Waals surface area contributed by atoms with E-state index in [0.717, 1.165) is 18.2 Å². The fourth-order valence-electron chi connectivity index (χ4n) is 2.85. The van der Waals surface area contributed by atoms with Crippen LogP contribution in [0.2, 0.25) is 0 Å². The highest BCUT2D eigenvalue weighted by molar-refractivity contribution is 6.01. The van der Waals surface area contributed by atoms with Crippen molar-refractivity contribution < 1.29 is 19.1 Å². The van der Waals surface area contributed by atoms with Gasteiger partial charge in [-0.05, 0) is 25.0 Å². The first-order valence-corrected chi connectivity index (χ1v) is 8.74. The van der Waals surface area contributed by atoms with E-state index in [1.807, 2.05) is 30.3 Å². The van der Waals surface area contributed by atoms with Crippen LogP contribution in [0, 0.1) is 5.92 Å². The van der Waals surface area contributed by atoms with E-state index in [1.165, 1.54) is 7.11 Å². The lowest BCUT2D eigenvalue weighted by Gasteiger charge is -2.17. The first kappa shape index (κ1) is 17.1. The number of hydrogen-bond donors (Lipinski definition) is 2. The molecule has 1 aliphatic rings. The number of methoxy groups -OCH3 is 1. The van der Waals surface area contributed by atoms with Gasteiger partial charge < -0.3 is 14.8 Å². The van der Waals surface area contributed by atoms with E-state index in [9.17, 15) is 9.59 Å². The zero-order valence-electron chi connectivity index (χ0n) is 14.8. The zero-order chi connectivity index (χ0) is 18.8. The molecule has 3 aromatic rings. The minimum absolute atomic E-state index is 0.00133. The number of nitrogens with zero attached hydrogens (tertiary/aromatic N) is 1. The molecule has 0 bridgehead atoms. The molecular formula is C20H19N3O4. The van der Waals surface area contributed by atoms with Gasteiger partial charge >= 0.3 is 5.97 Å². The van der Waals surface area contributed by atoms with E-state index in [-0.39, 0.29) is 11.8 Å². The standard InChI is InChI=1S/C20H19N3O4/c1-26-20(25)17(12-5-3-2-4-6-12)27-14-9-10-15-16(11-14)22-23-18(15)21-19(24)13-7-8-13/h2-6,9-11,13,17H,7-8H2,1H3,(H2,21,22,23,24). The van der Waals surface area contributed by atoms with E-state index in [0.29, 0.717) is 22.6 Å². The van der Waals surface area contributed by atoms with Crippen LogP contribution in [0.1, 0.15) is 24.5 Å². The molecule has 0 aliphatic heterocycles. The van der Waals surface area contributed by atoms with Gasteiger partial charge in [0, 0.05) is 22.9 Å². The molecule has 1 aromatic heterocycles. The number of nitrogens with one attached hydrogen (secondary N) is 2. The molecule has 27 heavy (non-hydrogen) atoms. The number of ether oxygens (including phenoxy) is 2. The Morgan fingerprint density at radius 1 is 1.19 bits per heavy atom. The molecule has 7 heteroatoms. The number of esters is 1. The smallest absolute Gasteiger partial charge is 0.351 e. The third-order valence-electron chi connectivity index (χ3n) is 4.50. The molecular weight excluding hydrogens is 346 g/mol. The van der Waals surface area contributed by atoms with Crippen LogP contribution in [0.15, 0.2) is 48.5 Å². The van der Waals surface area contributed by atoms with Crippen molar-refractivity contribution in [3.8, 4) is 5.75 Å². The van der Waals surface area contributed by atoms with Gasteiger partial charge in [0.05, 0.1) is 12.6 Å². The number of amides is 1. The summed E-state index contributed by atoms with van der Waals surface area (Å²) >= 11 is 0. The van der Waals surface area contributed by atoms with Crippen molar-refractivity contribution in [2.24, 2.45) is 5.92 Å². The number of carbonyl (C=O) groups excluding carboxylic acids is 2. The van der Waals surface area contributed by atoms with Crippen LogP contribution in [0.4, 0.5) is 5.82 Å². The number of anilines is 1. The number of hydrogen-bond acceptors (Lipinski definition) is 5. The first-order valence-electron chi connectivity index (χ1n) is 8.74.